The van der Waals surface area contributed by atoms with Gasteiger partial charge in [0.05, 0.1) is 16.4 Å². The number of carbonyl (C=O) groups excluding carboxylic acids is 1. The van der Waals surface area contributed by atoms with Crippen LogP contribution in [0, 0.1) is 0 Å². The summed E-state index contributed by atoms with van der Waals surface area (Å²) in [6.45, 7) is 1.50. The quantitative estimate of drug-likeness (QED) is 0.0555. The molecular formula is C34H39N12NaO8S4. The number of hydrogen-bond acceptors (Lipinski definition) is 18. The van der Waals surface area contributed by atoms with Gasteiger partial charge in [-0.15, -0.1) is 22.7 Å². The van der Waals surface area contributed by atoms with Crippen LogP contribution in [-0.2, 0) is 42.4 Å². The number of aliphatic hydroxyl groups excluding tert-OH is 1. The predicted octanol–water partition coefficient (Wildman–Crippen LogP) is 0.861. The minimum absolute atomic E-state index is 0. The van der Waals surface area contributed by atoms with E-state index in [9.17, 15) is 26.7 Å². The Labute approximate surface area is 368 Å². The molecule has 308 valence electrons. The van der Waals surface area contributed by atoms with Gasteiger partial charge in [-0.1, -0.05) is 0 Å². The van der Waals surface area contributed by atoms with Gasteiger partial charge in [0.2, 0.25) is 20.0 Å². The fraction of sp³-hybridized carbons (Fsp3) is 0.324. The smallest absolute Gasteiger partial charge is 0.870 e. The number of ether oxygens (including phenoxy) is 1. The molecule has 2 aliphatic carbocycles. The van der Waals surface area contributed by atoms with Crippen LogP contribution >= 0.6 is 22.7 Å². The molecule has 20 nitrogen and oxygen atoms in total. The summed E-state index contributed by atoms with van der Waals surface area (Å²) in [5, 5.41) is 40.6. The maximum atomic E-state index is 11.6. The Bertz CT molecular complexity index is 2620. The number of rotatable bonds is 15. The van der Waals surface area contributed by atoms with Crippen molar-refractivity contribution in [3.63, 3.8) is 0 Å². The Morgan fingerprint density at radius 2 is 1.24 bits per heavy atom. The van der Waals surface area contributed by atoms with Gasteiger partial charge in [-0.05, 0) is 49.9 Å². The van der Waals surface area contributed by atoms with Crippen molar-refractivity contribution in [3.05, 3.63) is 71.3 Å². The van der Waals surface area contributed by atoms with Crippen molar-refractivity contribution < 1.29 is 66.5 Å². The van der Waals surface area contributed by atoms with E-state index in [0.717, 1.165) is 58.0 Å². The van der Waals surface area contributed by atoms with Crippen LogP contribution in [0.4, 0.5) is 23.3 Å². The fourth-order valence-corrected chi connectivity index (χ4v) is 8.84. The summed E-state index contributed by atoms with van der Waals surface area (Å²) in [5.41, 5.74) is 3.63. The van der Waals surface area contributed by atoms with Crippen molar-refractivity contribution in [1.82, 2.24) is 40.3 Å². The van der Waals surface area contributed by atoms with E-state index in [1.54, 1.807) is 24.5 Å². The Kier molecular flexibility index (Phi) is 15.1. The maximum absolute atomic E-state index is 11.6. The number of aliphatic hydroxyl groups is 1. The Balaban J connectivity index is 0.000000218. The second kappa shape index (κ2) is 19.4. The first-order valence-corrected chi connectivity index (χ1v) is 22.3. The number of primary sulfonamides is 2. The van der Waals surface area contributed by atoms with Crippen molar-refractivity contribution in [2.75, 3.05) is 23.8 Å². The van der Waals surface area contributed by atoms with E-state index in [-0.39, 0.29) is 62.6 Å². The molecule has 0 radical (unpaired) electrons. The largest absolute Gasteiger partial charge is 1.00 e. The number of nitrogens with one attached hydrogen (secondary N) is 4. The zero-order chi connectivity index (χ0) is 40.3. The van der Waals surface area contributed by atoms with Crippen LogP contribution in [0.3, 0.4) is 0 Å². The molecule has 6 aromatic rings. The normalized spacial score (nSPS) is 13.7. The molecule has 0 atom stereocenters. The minimum atomic E-state index is -3.79. The molecule has 0 bridgehead atoms. The van der Waals surface area contributed by atoms with Gasteiger partial charge in [0, 0.05) is 85.2 Å². The molecule has 59 heavy (non-hydrogen) atoms. The van der Waals surface area contributed by atoms with Gasteiger partial charge in [0.15, 0.2) is 23.3 Å². The average Bonchev–Trinajstić information content (AvgIpc) is 3.90. The monoisotopic (exact) mass is 894 g/mol. The van der Waals surface area contributed by atoms with Crippen molar-refractivity contribution in [2.24, 2.45) is 10.3 Å². The van der Waals surface area contributed by atoms with Crippen molar-refractivity contribution in [2.45, 2.75) is 65.7 Å². The van der Waals surface area contributed by atoms with Crippen LogP contribution < -0.4 is 50.5 Å². The number of thiophene rings is 2. The van der Waals surface area contributed by atoms with Gasteiger partial charge in [-0.25, -0.2) is 47.0 Å². The SMILES string of the molecule is CC(=O)OCCc1cnc(-c2ccc(S(N)(=O)=O)s2)nc1Nc1cc(C2CC2)[nH]n1.NS(=O)(=O)c1ccc(-c2ncc(CCO)c(Nc3cc(C4CC4)[nH]n3)n2)s1.[Na+].[OH-]. The van der Waals surface area contributed by atoms with Gasteiger partial charge in [0.1, 0.15) is 20.1 Å². The fourth-order valence-electron chi connectivity index (χ4n) is 5.50. The summed E-state index contributed by atoms with van der Waals surface area (Å²) in [7, 11) is -7.56. The number of carbonyl (C=O) groups is 1. The van der Waals surface area contributed by atoms with Gasteiger partial charge < -0.3 is 26.0 Å². The zero-order valence-corrected chi connectivity index (χ0v) is 37.0. The number of sulfonamides is 2. The molecule has 0 amide bonds. The molecule has 8 rings (SSSR count). The number of nitrogens with two attached hydrogens (primary N) is 2. The molecule has 0 spiro atoms. The molecule has 6 aromatic heterocycles. The second-order valence-corrected chi connectivity index (χ2v) is 19.0. The molecule has 25 heteroatoms. The first kappa shape index (κ1) is 45.9. The third-order valence-corrected chi connectivity index (χ3v) is 13.7. The average molecular weight is 895 g/mol. The molecule has 0 aromatic carbocycles. The number of H-pyrrole nitrogens is 2. The molecular weight excluding hydrogens is 856 g/mol. The zero-order valence-electron chi connectivity index (χ0n) is 31.7. The summed E-state index contributed by atoms with van der Waals surface area (Å²) >= 11 is 2.00. The van der Waals surface area contributed by atoms with Crippen LogP contribution in [-0.4, -0.2) is 86.9 Å². The molecule has 0 unspecified atom stereocenters. The summed E-state index contributed by atoms with van der Waals surface area (Å²) < 4.78 is 51.2. The Hall–Kier alpha value is -4.21. The summed E-state index contributed by atoms with van der Waals surface area (Å²) in [6, 6.07) is 9.99. The molecule has 2 fully saturated rings. The number of aromatic nitrogens is 8. The van der Waals surface area contributed by atoms with E-state index in [4.69, 9.17) is 15.0 Å². The molecule has 2 saturated carbocycles. The Morgan fingerprint density at radius 1 is 0.797 bits per heavy atom. The van der Waals surface area contributed by atoms with Crippen molar-refractivity contribution >= 4 is 72.0 Å². The second-order valence-electron chi connectivity index (χ2n) is 13.2. The van der Waals surface area contributed by atoms with E-state index in [1.807, 2.05) is 12.1 Å². The first-order valence-electron chi connectivity index (χ1n) is 17.6. The van der Waals surface area contributed by atoms with Crippen LogP contribution in [0.1, 0.15) is 67.0 Å². The molecule has 2 aliphatic rings. The number of esters is 1. The Morgan fingerprint density at radius 3 is 1.61 bits per heavy atom. The molecule has 6 heterocycles. The number of aromatic amines is 2. The summed E-state index contributed by atoms with van der Waals surface area (Å²) in [5.74, 6) is 3.72. The van der Waals surface area contributed by atoms with E-state index in [2.05, 4.69) is 51.0 Å². The number of hydrogen-bond donors (Lipinski definition) is 7. The third kappa shape index (κ3) is 12.2. The van der Waals surface area contributed by atoms with Gasteiger partial charge >= 0.3 is 35.5 Å². The summed E-state index contributed by atoms with van der Waals surface area (Å²) in [4.78, 5) is 29.9. The van der Waals surface area contributed by atoms with Crippen LogP contribution in [0.5, 0.6) is 0 Å². The minimum Gasteiger partial charge on any atom is -0.870 e. The predicted molar refractivity (Wildman–Crippen MR) is 214 cm³/mol. The van der Waals surface area contributed by atoms with Crippen molar-refractivity contribution in [3.8, 4) is 21.4 Å². The molecule has 10 N–H and O–H groups in total. The maximum Gasteiger partial charge on any atom is 1.00 e. The van der Waals surface area contributed by atoms with E-state index in [1.165, 1.54) is 31.9 Å². The number of nitrogens with zero attached hydrogens (tertiary/aromatic N) is 6. The third-order valence-electron chi connectivity index (χ3n) is 8.67. The van der Waals surface area contributed by atoms with Gasteiger partial charge in [-0.3, -0.25) is 15.0 Å². The van der Waals surface area contributed by atoms with Crippen LogP contribution in [0.2, 0.25) is 0 Å². The van der Waals surface area contributed by atoms with E-state index >= 15 is 0 Å². The molecule has 0 saturated heterocycles. The van der Waals surface area contributed by atoms with Gasteiger partial charge in [-0.2, -0.15) is 10.2 Å². The van der Waals surface area contributed by atoms with Crippen molar-refractivity contribution in [1.29, 1.82) is 0 Å². The van der Waals surface area contributed by atoms with Crippen LogP contribution in [0.15, 0.2) is 57.2 Å². The molecule has 0 aliphatic heterocycles. The van der Waals surface area contributed by atoms with E-state index in [0.29, 0.717) is 69.4 Å². The topological polar surface area (TPSA) is 330 Å². The van der Waals surface area contributed by atoms with Crippen LogP contribution in [0.25, 0.3) is 21.4 Å². The van der Waals surface area contributed by atoms with E-state index < -0.39 is 20.0 Å². The first-order chi connectivity index (χ1) is 27.2. The summed E-state index contributed by atoms with van der Waals surface area (Å²) in [6.07, 6.45) is 8.67. The standard InChI is InChI=1S/C18H20N6O4S2.C16H18N6O3S2.Na.H2O/c1-10(25)28-7-6-12-9-20-18(14-4-5-16(29-14)30(19,26)27)22-17(12)21-15-8-13(23-24-15)11-2-3-11;17-27(24,25)14-4-3-12(26-14)16-18-8-10(5-6-23)15(20-16)19-13-7-11(21-22-13)9-1-2-9;;/h4-5,8-9,11H,2-3,6-7H2,1H3,(H2,19,26,27)(H2,20,21,22,23,24);3-4,7-9,23H,1-2,5-6H2,(H2,17,24,25)(H2,18,19,20,21,22);;1H2/q;;+1;/p-1. The number of anilines is 4. The van der Waals surface area contributed by atoms with Gasteiger partial charge in [0.25, 0.3) is 0 Å².